The Bertz CT molecular complexity index is 390. The predicted molar refractivity (Wildman–Crippen MR) is 71.8 cm³/mol. The van der Waals surface area contributed by atoms with Crippen LogP contribution in [0.5, 0.6) is 0 Å². The fraction of sp³-hybridized carbons (Fsp3) is 0.417. The van der Waals surface area contributed by atoms with E-state index in [1.54, 1.807) is 23.1 Å². The first-order valence-electron chi connectivity index (χ1n) is 5.55. The standard InChI is InChI=1S/C12H17BrN2O2/c1-2-5-15(6-7-16)12(17)10-4-3-9(13)8-11(10)14/h3-4,8,16H,2,5-7,14H2,1H3. The first-order chi connectivity index (χ1) is 8.10. The van der Waals surface area contributed by atoms with E-state index in [2.05, 4.69) is 15.9 Å². The summed E-state index contributed by atoms with van der Waals surface area (Å²) in [5.74, 6) is -0.133. The van der Waals surface area contributed by atoms with Gasteiger partial charge in [-0.3, -0.25) is 4.79 Å². The third-order valence-electron chi connectivity index (χ3n) is 2.39. The minimum absolute atomic E-state index is 0.0395. The monoisotopic (exact) mass is 300 g/mol. The lowest BCUT2D eigenvalue weighted by molar-refractivity contribution is 0.0723. The molecule has 94 valence electrons. The number of nitrogens with two attached hydrogens (primary N) is 1. The Hall–Kier alpha value is -1.07. The molecule has 17 heavy (non-hydrogen) atoms. The molecule has 0 radical (unpaired) electrons. The highest BCUT2D eigenvalue weighted by Gasteiger charge is 2.16. The van der Waals surface area contributed by atoms with Gasteiger partial charge in [-0.25, -0.2) is 0 Å². The molecule has 0 unspecified atom stereocenters. The third-order valence-corrected chi connectivity index (χ3v) is 2.89. The van der Waals surface area contributed by atoms with Crippen LogP contribution in [-0.2, 0) is 0 Å². The van der Waals surface area contributed by atoms with Gasteiger partial charge in [0.2, 0.25) is 0 Å². The van der Waals surface area contributed by atoms with Crippen LogP contribution in [0, 0.1) is 0 Å². The second-order valence-corrected chi connectivity index (χ2v) is 4.66. The Morgan fingerprint density at radius 2 is 2.18 bits per heavy atom. The highest BCUT2D eigenvalue weighted by Crippen LogP contribution is 2.20. The molecule has 1 aromatic carbocycles. The van der Waals surface area contributed by atoms with Gasteiger partial charge in [0.15, 0.2) is 0 Å². The number of hydrogen-bond acceptors (Lipinski definition) is 3. The number of aliphatic hydroxyl groups is 1. The summed E-state index contributed by atoms with van der Waals surface area (Å²) in [7, 11) is 0. The fourth-order valence-corrected chi connectivity index (χ4v) is 1.98. The number of halogens is 1. The summed E-state index contributed by atoms with van der Waals surface area (Å²) >= 11 is 3.30. The molecule has 0 saturated heterocycles. The van der Waals surface area contributed by atoms with Crippen molar-refractivity contribution < 1.29 is 9.90 Å². The zero-order chi connectivity index (χ0) is 12.8. The summed E-state index contributed by atoms with van der Waals surface area (Å²) in [5, 5.41) is 8.94. The van der Waals surface area contributed by atoms with Gasteiger partial charge in [-0.15, -0.1) is 0 Å². The molecular weight excluding hydrogens is 284 g/mol. The SMILES string of the molecule is CCCN(CCO)C(=O)c1ccc(Br)cc1N. The maximum absolute atomic E-state index is 12.2. The van der Waals surface area contributed by atoms with Gasteiger partial charge in [0.1, 0.15) is 0 Å². The fourth-order valence-electron chi connectivity index (χ4n) is 1.60. The third kappa shape index (κ3) is 3.71. The predicted octanol–water partition coefficient (Wildman–Crippen LogP) is 1.88. The molecule has 3 N–H and O–H groups in total. The van der Waals surface area contributed by atoms with Crippen LogP contribution in [0.15, 0.2) is 22.7 Å². The van der Waals surface area contributed by atoms with Crippen molar-refractivity contribution in [3.05, 3.63) is 28.2 Å². The van der Waals surface area contributed by atoms with Crippen molar-refractivity contribution in [3.8, 4) is 0 Å². The van der Waals surface area contributed by atoms with Crippen molar-refractivity contribution in [2.45, 2.75) is 13.3 Å². The van der Waals surface area contributed by atoms with E-state index in [-0.39, 0.29) is 12.5 Å². The lowest BCUT2D eigenvalue weighted by Gasteiger charge is -2.21. The lowest BCUT2D eigenvalue weighted by Crippen LogP contribution is -2.34. The Morgan fingerprint density at radius 3 is 2.71 bits per heavy atom. The minimum atomic E-state index is -0.133. The molecule has 0 atom stereocenters. The van der Waals surface area contributed by atoms with E-state index in [1.807, 2.05) is 6.92 Å². The van der Waals surface area contributed by atoms with Gasteiger partial charge in [-0.1, -0.05) is 22.9 Å². The zero-order valence-electron chi connectivity index (χ0n) is 9.82. The Labute approximate surface area is 110 Å². The Morgan fingerprint density at radius 1 is 1.47 bits per heavy atom. The summed E-state index contributed by atoms with van der Waals surface area (Å²) < 4.78 is 0.843. The highest BCUT2D eigenvalue weighted by atomic mass is 79.9. The van der Waals surface area contributed by atoms with Crippen molar-refractivity contribution in [1.29, 1.82) is 0 Å². The van der Waals surface area contributed by atoms with Gasteiger partial charge in [0, 0.05) is 23.2 Å². The largest absolute Gasteiger partial charge is 0.398 e. The van der Waals surface area contributed by atoms with E-state index in [0.29, 0.717) is 24.3 Å². The normalized spacial score (nSPS) is 10.3. The Balaban J connectivity index is 2.92. The summed E-state index contributed by atoms with van der Waals surface area (Å²) in [4.78, 5) is 13.8. The molecule has 0 fully saturated rings. The highest BCUT2D eigenvalue weighted by molar-refractivity contribution is 9.10. The maximum Gasteiger partial charge on any atom is 0.256 e. The van der Waals surface area contributed by atoms with Gasteiger partial charge in [0.05, 0.1) is 12.2 Å². The maximum atomic E-state index is 12.2. The van der Waals surface area contributed by atoms with Gasteiger partial charge in [-0.05, 0) is 24.6 Å². The minimum Gasteiger partial charge on any atom is -0.398 e. The summed E-state index contributed by atoms with van der Waals surface area (Å²) in [6, 6.07) is 5.19. The number of hydrogen-bond donors (Lipinski definition) is 2. The topological polar surface area (TPSA) is 66.6 Å². The van der Waals surface area contributed by atoms with Gasteiger partial charge < -0.3 is 15.7 Å². The van der Waals surface area contributed by atoms with Crippen molar-refractivity contribution in [2.24, 2.45) is 0 Å². The van der Waals surface area contributed by atoms with Crippen LogP contribution in [0.1, 0.15) is 23.7 Å². The van der Waals surface area contributed by atoms with Crippen LogP contribution < -0.4 is 5.73 Å². The van der Waals surface area contributed by atoms with Crippen LogP contribution in [0.2, 0.25) is 0 Å². The summed E-state index contributed by atoms with van der Waals surface area (Å²) in [5.41, 5.74) is 6.74. The van der Waals surface area contributed by atoms with Crippen molar-refractivity contribution in [2.75, 3.05) is 25.4 Å². The van der Waals surface area contributed by atoms with Crippen LogP contribution in [0.3, 0.4) is 0 Å². The van der Waals surface area contributed by atoms with E-state index in [1.165, 1.54) is 0 Å². The quantitative estimate of drug-likeness (QED) is 0.816. The van der Waals surface area contributed by atoms with E-state index >= 15 is 0 Å². The second kappa shape index (κ2) is 6.61. The molecule has 5 heteroatoms. The average Bonchev–Trinajstić information content (AvgIpc) is 2.28. The molecule has 1 rings (SSSR count). The molecule has 1 aromatic rings. The smallest absolute Gasteiger partial charge is 0.256 e. The molecule has 0 aliphatic heterocycles. The van der Waals surface area contributed by atoms with E-state index in [0.717, 1.165) is 10.9 Å². The molecular formula is C12H17BrN2O2. The van der Waals surface area contributed by atoms with Gasteiger partial charge in [-0.2, -0.15) is 0 Å². The molecule has 0 bridgehead atoms. The van der Waals surface area contributed by atoms with Crippen LogP contribution >= 0.6 is 15.9 Å². The number of benzene rings is 1. The average molecular weight is 301 g/mol. The molecule has 0 aliphatic rings. The number of carbonyl (C=O) groups excluding carboxylic acids is 1. The number of nitrogens with zero attached hydrogens (tertiary/aromatic N) is 1. The van der Waals surface area contributed by atoms with Crippen molar-refractivity contribution in [3.63, 3.8) is 0 Å². The lowest BCUT2D eigenvalue weighted by atomic mass is 10.1. The zero-order valence-corrected chi connectivity index (χ0v) is 11.4. The first-order valence-corrected chi connectivity index (χ1v) is 6.34. The second-order valence-electron chi connectivity index (χ2n) is 3.75. The number of carbonyl (C=O) groups is 1. The van der Waals surface area contributed by atoms with E-state index in [4.69, 9.17) is 10.8 Å². The molecule has 0 aromatic heterocycles. The van der Waals surface area contributed by atoms with Crippen molar-refractivity contribution >= 4 is 27.5 Å². The van der Waals surface area contributed by atoms with E-state index < -0.39 is 0 Å². The molecule has 0 aliphatic carbocycles. The molecule has 0 spiro atoms. The Kier molecular flexibility index (Phi) is 5.44. The number of amides is 1. The van der Waals surface area contributed by atoms with Crippen molar-refractivity contribution in [1.82, 2.24) is 4.90 Å². The molecule has 0 saturated carbocycles. The van der Waals surface area contributed by atoms with Gasteiger partial charge in [0.25, 0.3) is 5.91 Å². The number of nitrogen functional groups attached to an aromatic ring is 1. The van der Waals surface area contributed by atoms with Crippen LogP contribution in [0.4, 0.5) is 5.69 Å². The summed E-state index contributed by atoms with van der Waals surface area (Å²) in [6.07, 6.45) is 0.849. The molecule has 4 nitrogen and oxygen atoms in total. The first kappa shape index (κ1) is 14.0. The molecule has 0 heterocycles. The number of aliphatic hydroxyl groups excluding tert-OH is 1. The van der Waals surface area contributed by atoms with E-state index in [9.17, 15) is 4.79 Å². The molecule has 1 amide bonds. The van der Waals surface area contributed by atoms with Gasteiger partial charge >= 0.3 is 0 Å². The summed E-state index contributed by atoms with van der Waals surface area (Å²) in [6.45, 7) is 2.90. The number of rotatable bonds is 5. The van der Waals surface area contributed by atoms with Crippen LogP contribution in [-0.4, -0.2) is 35.6 Å². The van der Waals surface area contributed by atoms with Crippen LogP contribution in [0.25, 0.3) is 0 Å². The number of anilines is 1.